The molecule has 2 aliphatic carbocycles. The predicted octanol–water partition coefficient (Wildman–Crippen LogP) is 5.43. The van der Waals surface area contributed by atoms with Crippen molar-refractivity contribution in [3.8, 4) is 6.07 Å². The van der Waals surface area contributed by atoms with Gasteiger partial charge in [0.05, 0.1) is 10.5 Å². The molecular weight excluding hydrogens is 430 g/mol. The smallest absolute Gasteiger partial charge is 0.259 e. The number of rotatable bonds is 4. The summed E-state index contributed by atoms with van der Waals surface area (Å²) in [6, 6.07) is 2.14. The van der Waals surface area contributed by atoms with Crippen molar-refractivity contribution >= 4 is 10.0 Å². The van der Waals surface area contributed by atoms with E-state index in [2.05, 4.69) is 55.9 Å². The Morgan fingerprint density at radius 2 is 1.85 bits per heavy atom. The monoisotopic (exact) mass is 459 g/mol. The Morgan fingerprint density at radius 1 is 1.03 bits per heavy atom. The van der Waals surface area contributed by atoms with Gasteiger partial charge in [-0.2, -0.15) is 5.26 Å². The summed E-state index contributed by atoms with van der Waals surface area (Å²) in [4.78, 5) is 2.19. The van der Waals surface area contributed by atoms with Gasteiger partial charge in [-0.1, -0.05) is 68.9 Å². The number of hydrogen-bond acceptors (Lipinski definition) is 4. The maximum absolute atomic E-state index is 13.2. The van der Waals surface area contributed by atoms with Gasteiger partial charge in [0.2, 0.25) is 0 Å². The van der Waals surface area contributed by atoms with Gasteiger partial charge < -0.3 is 4.90 Å². The molecule has 0 saturated heterocycles. The highest BCUT2D eigenvalue weighted by atomic mass is 32.2. The van der Waals surface area contributed by atoms with Crippen LogP contribution in [-0.2, 0) is 10.0 Å². The number of allylic oxidation sites excluding steroid dienone is 15. The quantitative estimate of drug-likeness (QED) is 0.608. The fraction of sp³-hybridized carbons (Fsp3) is 0.296. The Hall–Kier alpha value is -3.30. The molecule has 4 rings (SSSR count). The number of sulfonamides is 1. The van der Waals surface area contributed by atoms with E-state index in [9.17, 15) is 13.7 Å². The summed E-state index contributed by atoms with van der Waals surface area (Å²) in [6.07, 6.45) is 23.7. The van der Waals surface area contributed by atoms with Gasteiger partial charge in [0.25, 0.3) is 10.0 Å². The first-order chi connectivity index (χ1) is 15.7. The minimum absolute atomic E-state index is 0.0134. The third kappa shape index (κ3) is 4.89. The molecule has 0 aromatic carbocycles. The molecule has 0 bridgehead atoms. The van der Waals surface area contributed by atoms with E-state index in [1.165, 1.54) is 5.57 Å². The normalized spacial score (nSPS) is 20.7. The van der Waals surface area contributed by atoms with Gasteiger partial charge in [-0.05, 0) is 60.1 Å². The molecule has 1 N–H and O–H groups in total. The minimum Gasteiger partial charge on any atom is -0.322 e. The molecule has 0 amide bonds. The van der Waals surface area contributed by atoms with E-state index in [1.807, 2.05) is 35.3 Å². The molecule has 0 aromatic rings. The highest BCUT2D eigenvalue weighted by Gasteiger charge is 2.30. The van der Waals surface area contributed by atoms with Gasteiger partial charge in [-0.3, -0.25) is 4.72 Å². The summed E-state index contributed by atoms with van der Waals surface area (Å²) in [7, 11) is -3.78. The van der Waals surface area contributed by atoms with E-state index >= 15 is 0 Å². The van der Waals surface area contributed by atoms with Gasteiger partial charge in [0.1, 0.15) is 11.9 Å². The van der Waals surface area contributed by atoms with Crippen LogP contribution in [0.3, 0.4) is 0 Å². The zero-order valence-corrected chi connectivity index (χ0v) is 20.1. The van der Waals surface area contributed by atoms with E-state index in [-0.39, 0.29) is 5.41 Å². The molecule has 0 spiro atoms. The van der Waals surface area contributed by atoms with E-state index in [0.717, 1.165) is 23.3 Å². The van der Waals surface area contributed by atoms with Crippen molar-refractivity contribution in [3.63, 3.8) is 0 Å². The second-order valence-electron chi connectivity index (χ2n) is 9.41. The molecule has 0 atom stereocenters. The molecule has 0 unspecified atom stereocenters. The van der Waals surface area contributed by atoms with Gasteiger partial charge >= 0.3 is 0 Å². The lowest BCUT2D eigenvalue weighted by Gasteiger charge is -2.34. The van der Waals surface area contributed by atoms with Crippen LogP contribution in [0.2, 0.25) is 0 Å². The summed E-state index contributed by atoms with van der Waals surface area (Å²) in [6.45, 7) is 6.87. The molecule has 33 heavy (non-hydrogen) atoms. The molecule has 0 saturated carbocycles. The van der Waals surface area contributed by atoms with E-state index in [4.69, 9.17) is 0 Å². The Morgan fingerprint density at radius 3 is 2.55 bits per heavy atom. The van der Waals surface area contributed by atoms with Crippen molar-refractivity contribution in [1.29, 1.82) is 5.26 Å². The molecule has 0 aromatic heterocycles. The van der Waals surface area contributed by atoms with Crippen LogP contribution < -0.4 is 4.72 Å². The summed E-state index contributed by atoms with van der Waals surface area (Å²) in [5.74, 6) is 0.306. The lowest BCUT2D eigenvalue weighted by atomic mass is 9.82. The van der Waals surface area contributed by atoms with Gasteiger partial charge in [0, 0.05) is 12.2 Å². The molecular formula is C27H29N3O2S. The molecule has 6 heteroatoms. The number of hydrogen-bond donors (Lipinski definition) is 1. The standard InChI is InChI=1S/C27H29N3O2S/c1-27(2,3)23-11-14-25(15-12-23)33(31,32)29-26-22(19-28)10-13-24-18-21(16-17-30(24)26)20-8-6-4-5-7-9-20/h4-6,8-11,13-14,16,18,29H,7,12,15,17H2,1-3H3. The van der Waals surface area contributed by atoms with Crippen LogP contribution in [0.4, 0.5) is 0 Å². The largest absolute Gasteiger partial charge is 0.322 e. The van der Waals surface area contributed by atoms with Crippen molar-refractivity contribution in [2.24, 2.45) is 5.41 Å². The zero-order valence-electron chi connectivity index (χ0n) is 19.3. The average molecular weight is 460 g/mol. The summed E-state index contributed by atoms with van der Waals surface area (Å²) >= 11 is 0. The predicted molar refractivity (Wildman–Crippen MR) is 133 cm³/mol. The second-order valence-corrected chi connectivity index (χ2v) is 11.1. The van der Waals surface area contributed by atoms with Crippen LogP contribution in [0.15, 0.2) is 106 Å². The second kappa shape index (κ2) is 8.92. The van der Waals surface area contributed by atoms with E-state index < -0.39 is 10.0 Å². The Labute approximate surface area is 196 Å². The number of nitrogens with one attached hydrogen (secondary N) is 1. The molecule has 5 nitrogen and oxygen atoms in total. The molecule has 0 fully saturated rings. The van der Waals surface area contributed by atoms with Crippen molar-refractivity contribution in [2.45, 2.75) is 40.0 Å². The first-order valence-electron chi connectivity index (χ1n) is 11.2. The van der Waals surface area contributed by atoms with E-state index in [1.54, 1.807) is 12.2 Å². The SMILES string of the molecule is CC(C)(C)C1=CC=C(S(=O)(=O)NC2=C(C#N)C=CC3=CC(C4=CCC=CC=C4)=CCN32)CC1. The summed E-state index contributed by atoms with van der Waals surface area (Å²) in [5.41, 5.74) is 4.61. The van der Waals surface area contributed by atoms with Crippen LogP contribution in [0.1, 0.15) is 40.0 Å². The number of nitriles is 1. The Bertz CT molecular complexity index is 1280. The maximum atomic E-state index is 13.2. The average Bonchev–Trinajstić information content (AvgIpc) is 3.08. The third-order valence-electron chi connectivity index (χ3n) is 6.16. The Kier molecular flexibility index (Phi) is 6.18. The maximum Gasteiger partial charge on any atom is 0.259 e. The fourth-order valence-electron chi connectivity index (χ4n) is 4.20. The number of nitrogens with zero attached hydrogens (tertiary/aromatic N) is 2. The van der Waals surface area contributed by atoms with Crippen LogP contribution in [0, 0.1) is 16.7 Å². The van der Waals surface area contributed by atoms with Gasteiger partial charge in [-0.25, -0.2) is 8.42 Å². The summed E-state index contributed by atoms with van der Waals surface area (Å²) in [5, 5.41) is 9.67. The first-order valence-corrected chi connectivity index (χ1v) is 12.7. The zero-order chi connectivity index (χ0) is 23.6. The minimum atomic E-state index is -3.78. The fourth-order valence-corrected chi connectivity index (χ4v) is 5.42. The molecule has 2 aliphatic heterocycles. The van der Waals surface area contributed by atoms with Crippen LogP contribution in [0.5, 0.6) is 0 Å². The highest BCUT2D eigenvalue weighted by Crippen LogP contribution is 2.35. The molecule has 0 radical (unpaired) electrons. The van der Waals surface area contributed by atoms with Crippen molar-refractivity contribution in [1.82, 2.24) is 9.62 Å². The molecule has 170 valence electrons. The van der Waals surface area contributed by atoms with Gasteiger partial charge in [0.15, 0.2) is 0 Å². The topological polar surface area (TPSA) is 73.2 Å². The third-order valence-corrected chi connectivity index (χ3v) is 7.65. The van der Waals surface area contributed by atoms with Crippen molar-refractivity contribution in [2.75, 3.05) is 6.54 Å². The number of fused-ring (bicyclic) bond motifs is 1. The highest BCUT2D eigenvalue weighted by molar-refractivity contribution is 7.93. The lowest BCUT2D eigenvalue weighted by molar-refractivity contribution is 0.450. The van der Waals surface area contributed by atoms with Crippen molar-refractivity contribution < 1.29 is 8.42 Å². The first kappa shape index (κ1) is 22.9. The van der Waals surface area contributed by atoms with Crippen LogP contribution in [0.25, 0.3) is 0 Å². The Balaban J connectivity index is 1.60. The molecule has 2 heterocycles. The van der Waals surface area contributed by atoms with Crippen molar-refractivity contribution in [3.05, 3.63) is 106 Å². The van der Waals surface area contributed by atoms with Gasteiger partial charge in [-0.15, -0.1) is 0 Å². The van der Waals surface area contributed by atoms with Crippen LogP contribution in [-0.4, -0.2) is 19.9 Å². The lowest BCUT2D eigenvalue weighted by Crippen LogP contribution is -2.38. The summed E-state index contributed by atoms with van der Waals surface area (Å²) < 4.78 is 29.2. The molecule has 4 aliphatic rings. The van der Waals surface area contributed by atoms with E-state index in [0.29, 0.717) is 35.7 Å². The van der Waals surface area contributed by atoms with Crippen LogP contribution >= 0.6 is 0 Å².